The highest BCUT2D eigenvalue weighted by atomic mass is 35.5. The summed E-state index contributed by atoms with van der Waals surface area (Å²) in [6.07, 6.45) is 0.847. The van der Waals surface area contributed by atoms with Gasteiger partial charge in [0.1, 0.15) is 0 Å². The molecule has 1 aromatic carbocycles. The van der Waals surface area contributed by atoms with E-state index in [1.165, 1.54) is 12.1 Å². The summed E-state index contributed by atoms with van der Waals surface area (Å²) < 4.78 is 47.5. The summed E-state index contributed by atoms with van der Waals surface area (Å²) in [5.74, 6) is -3.06. The molecule has 2 unspecified atom stereocenters. The van der Waals surface area contributed by atoms with Crippen molar-refractivity contribution >= 4 is 27.1 Å². The van der Waals surface area contributed by atoms with E-state index in [0.29, 0.717) is 5.92 Å². The fourth-order valence-corrected chi connectivity index (χ4v) is 3.20. The van der Waals surface area contributed by atoms with Crippen LogP contribution in [0.4, 0.5) is 14.5 Å². The average Bonchev–Trinajstić information content (AvgIpc) is 2.42. The summed E-state index contributed by atoms with van der Waals surface area (Å²) in [5.41, 5.74) is 0.827. The predicted molar refractivity (Wildman–Crippen MR) is 75.3 cm³/mol. The van der Waals surface area contributed by atoms with Crippen LogP contribution in [0.5, 0.6) is 0 Å². The summed E-state index contributed by atoms with van der Waals surface area (Å²) in [6.45, 7) is 3.61. The Bertz CT molecular complexity index is 562. The van der Waals surface area contributed by atoms with Gasteiger partial charge in [0.05, 0.1) is 4.90 Å². The van der Waals surface area contributed by atoms with Gasteiger partial charge < -0.3 is 4.90 Å². The highest BCUT2D eigenvalue weighted by Gasteiger charge is 2.27. The largest absolute Gasteiger partial charge is 0.371 e. The lowest BCUT2D eigenvalue weighted by molar-refractivity contribution is 0.234. The molecule has 2 atom stereocenters. The van der Waals surface area contributed by atoms with Crippen LogP contribution in [0.1, 0.15) is 13.3 Å². The number of anilines is 1. The molecule has 0 radical (unpaired) electrons. The second-order valence-electron chi connectivity index (χ2n) is 5.03. The van der Waals surface area contributed by atoms with E-state index in [-0.39, 0.29) is 10.3 Å². The van der Waals surface area contributed by atoms with Crippen LogP contribution in [0.2, 0.25) is 0 Å². The van der Waals surface area contributed by atoms with Crippen LogP contribution in [-0.4, -0.2) is 32.6 Å². The number of alkyl halides is 3. The van der Waals surface area contributed by atoms with E-state index in [1.807, 2.05) is 0 Å². The lowest BCUT2D eigenvalue weighted by Gasteiger charge is -2.35. The molecule has 7 heteroatoms. The first kappa shape index (κ1) is 15.5. The molecule has 0 spiro atoms. The third-order valence-corrected chi connectivity index (χ3v) is 5.61. The van der Waals surface area contributed by atoms with Crippen LogP contribution in [0.3, 0.4) is 0 Å². The van der Waals surface area contributed by atoms with Gasteiger partial charge in [-0.1, -0.05) is 6.92 Å². The van der Waals surface area contributed by atoms with Gasteiger partial charge in [-0.25, -0.2) is 8.42 Å². The maximum Gasteiger partial charge on any atom is 0.341 e. The van der Waals surface area contributed by atoms with E-state index in [1.54, 1.807) is 12.1 Å². The van der Waals surface area contributed by atoms with Crippen LogP contribution in [-0.2, 0) is 9.84 Å². The van der Waals surface area contributed by atoms with Gasteiger partial charge in [-0.05, 0) is 36.6 Å². The van der Waals surface area contributed by atoms with E-state index in [0.717, 1.165) is 25.2 Å². The Hall–Kier alpha value is -0.880. The molecule has 1 saturated heterocycles. The number of piperidine rings is 1. The van der Waals surface area contributed by atoms with Gasteiger partial charge in [-0.3, -0.25) is 0 Å². The molecular weight excluding hydrogens is 308 g/mol. The zero-order valence-corrected chi connectivity index (χ0v) is 12.5. The molecule has 0 amide bonds. The molecule has 0 aromatic heterocycles. The Kier molecular flexibility index (Phi) is 4.54. The quantitative estimate of drug-likeness (QED) is 0.802. The van der Waals surface area contributed by atoms with Crippen molar-refractivity contribution in [3.63, 3.8) is 0 Å². The summed E-state index contributed by atoms with van der Waals surface area (Å²) in [7, 11) is -4.52. The zero-order valence-electron chi connectivity index (χ0n) is 11.0. The minimum Gasteiger partial charge on any atom is -0.371 e. The van der Waals surface area contributed by atoms with E-state index in [4.69, 9.17) is 11.6 Å². The van der Waals surface area contributed by atoms with Gasteiger partial charge in [-0.15, -0.1) is 11.6 Å². The minimum atomic E-state index is -4.52. The molecule has 1 fully saturated rings. The first-order chi connectivity index (χ1) is 9.32. The van der Waals surface area contributed by atoms with Crippen molar-refractivity contribution in [3.05, 3.63) is 24.3 Å². The number of rotatable bonds is 3. The maximum atomic E-state index is 12.4. The summed E-state index contributed by atoms with van der Waals surface area (Å²) in [6, 6.07) is 5.59. The van der Waals surface area contributed by atoms with Gasteiger partial charge in [0.2, 0.25) is 9.84 Å². The van der Waals surface area contributed by atoms with Gasteiger partial charge >= 0.3 is 5.76 Å². The van der Waals surface area contributed by atoms with Crippen LogP contribution < -0.4 is 4.90 Å². The second kappa shape index (κ2) is 5.85. The monoisotopic (exact) mass is 323 g/mol. The number of sulfone groups is 1. The average molecular weight is 324 g/mol. The molecule has 1 aromatic rings. The highest BCUT2D eigenvalue weighted by molar-refractivity contribution is 7.91. The molecule has 0 bridgehead atoms. The molecule has 0 aliphatic carbocycles. The van der Waals surface area contributed by atoms with E-state index < -0.39 is 15.6 Å². The van der Waals surface area contributed by atoms with Crippen LogP contribution in [0.15, 0.2) is 29.2 Å². The van der Waals surface area contributed by atoms with Crippen molar-refractivity contribution < 1.29 is 17.2 Å². The molecule has 20 heavy (non-hydrogen) atoms. The molecule has 1 aliphatic heterocycles. The Labute approximate surface area is 122 Å². The number of halogens is 3. The van der Waals surface area contributed by atoms with Crippen LogP contribution in [0, 0.1) is 5.92 Å². The Morgan fingerprint density at radius 2 is 1.90 bits per heavy atom. The Morgan fingerprint density at radius 3 is 2.40 bits per heavy atom. The fourth-order valence-electron chi connectivity index (χ4n) is 2.30. The third kappa shape index (κ3) is 3.06. The van der Waals surface area contributed by atoms with E-state index in [9.17, 15) is 17.2 Å². The second-order valence-corrected chi connectivity index (χ2v) is 7.51. The maximum absolute atomic E-state index is 12.4. The van der Waals surface area contributed by atoms with Gasteiger partial charge in [0, 0.05) is 24.2 Å². The van der Waals surface area contributed by atoms with Crippen molar-refractivity contribution in [2.75, 3.05) is 18.0 Å². The van der Waals surface area contributed by atoms with Crippen LogP contribution >= 0.6 is 11.6 Å². The molecule has 1 aliphatic rings. The summed E-state index contributed by atoms with van der Waals surface area (Å²) in [4.78, 5) is 1.74. The zero-order chi connectivity index (χ0) is 14.9. The Morgan fingerprint density at radius 1 is 1.30 bits per heavy atom. The minimum absolute atomic E-state index is 0.143. The standard InChI is InChI=1S/C13H16ClF2NO2S/c1-9-8-17(7-6-12(9)14)10-2-4-11(5-3-10)20(18,19)13(15)16/h2-5,9,12-13H,6-8H2,1H3. The first-order valence-electron chi connectivity index (χ1n) is 6.33. The van der Waals surface area contributed by atoms with Crippen molar-refractivity contribution in [1.29, 1.82) is 0 Å². The van der Waals surface area contributed by atoms with Crippen LogP contribution in [0.25, 0.3) is 0 Å². The highest BCUT2D eigenvalue weighted by Crippen LogP contribution is 2.28. The van der Waals surface area contributed by atoms with Gasteiger partial charge in [0.25, 0.3) is 0 Å². The van der Waals surface area contributed by atoms with Crippen molar-refractivity contribution in [2.45, 2.75) is 29.4 Å². The number of hydrogen-bond donors (Lipinski definition) is 0. The topological polar surface area (TPSA) is 37.4 Å². The molecular formula is C13H16ClF2NO2S. The molecule has 0 N–H and O–H groups in total. The van der Waals surface area contributed by atoms with Gasteiger partial charge in [-0.2, -0.15) is 8.78 Å². The number of benzene rings is 1. The Balaban J connectivity index is 2.17. The van der Waals surface area contributed by atoms with Gasteiger partial charge in [0.15, 0.2) is 0 Å². The summed E-state index contributed by atoms with van der Waals surface area (Å²) in [5, 5.41) is 0.143. The van der Waals surface area contributed by atoms with E-state index in [2.05, 4.69) is 11.8 Å². The predicted octanol–water partition coefficient (Wildman–Crippen LogP) is 3.14. The van der Waals surface area contributed by atoms with Crippen molar-refractivity contribution in [1.82, 2.24) is 0 Å². The first-order valence-corrected chi connectivity index (χ1v) is 8.32. The molecule has 1 heterocycles. The summed E-state index contributed by atoms with van der Waals surface area (Å²) >= 11 is 6.15. The van der Waals surface area contributed by atoms with Crippen molar-refractivity contribution in [2.24, 2.45) is 5.92 Å². The molecule has 3 nitrogen and oxygen atoms in total. The third-order valence-electron chi connectivity index (χ3n) is 3.57. The molecule has 0 saturated carbocycles. The fraction of sp³-hybridized carbons (Fsp3) is 0.538. The molecule has 112 valence electrons. The van der Waals surface area contributed by atoms with E-state index >= 15 is 0 Å². The SMILES string of the molecule is CC1CN(c2ccc(S(=O)(=O)C(F)F)cc2)CCC1Cl. The van der Waals surface area contributed by atoms with Crippen molar-refractivity contribution in [3.8, 4) is 0 Å². The lowest BCUT2D eigenvalue weighted by atomic mass is 9.99. The molecule has 2 rings (SSSR count). The normalized spacial score (nSPS) is 24.1. The smallest absolute Gasteiger partial charge is 0.341 e. The number of nitrogens with zero attached hydrogens (tertiary/aromatic N) is 1. The number of hydrogen-bond acceptors (Lipinski definition) is 3. The lowest BCUT2D eigenvalue weighted by Crippen LogP contribution is -2.39.